The molecule has 0 saturated carbocycles. The number of amides is 1. The molecule has 190 valence electrons. The number of nitrogens with one attached hydrogen (secondary N) is 2. The van der Waals surface area contributed by atoms with Crippen LogP contribution in [-0.4, -0.2) is 45.4 Å². The van der Waals surface area contributed by atoms with Crippen molar-refractivity contribution in [2.75, 3.05) is 18.7 Å². The van der Waals surface area contributed by atoms with E-state index >= 15 is 0 Å². The van der Waals surface area contributed by atoms with Gasteiger partial charge in [0.25, 0.3) is 5.91 Å². The lowest BCUT2D eigenvalue weighted by atomic mass is 9.77. The second-order valence-corrected chi connectivity index (χ2v) is 11.3. The van der Waals surface area contributed by atoms with Crippen molar-refractivity contribution in [2.24, 2.45) is 5.41 Å². The van der Waals surface area contributed by atoms with Crippen LogP contribution in [-0.2, 0) is 4.74 Å². The van der Waals surface area contributed by atoms with Gasteiger partial charge < -0.3 is 15.0 Å². The van der Waals surface area contributed by atoms with Crippen LogP contribution < -0.4 is 5.32 Å². The minimum Gasteiger partial charge on any atom is -0.363 e. The number of anilines is 1. The summed E-state index contributed by atoms with van der Waals surface area (Å²) in [6, 6.07) is 5.57. The summed E-state index contributed by atoms with van der Waals surface area (Å²) >= 11 is 0. The average Bonchev–Trinajstić information content (AvgIpc) is 3.47. The quantitative estimate of drug-likeness (QED) is 0.541. The summed E-state index contributed by atoms with van der Waals surface area (Å²) in [6.07, 6.45) is 8.10. The summed E-state index contributed by atoms with van der Waals surface area (Å²) in [5.41, 5.74) is 1.51. The third kappa shape index (κ3) is 4.55. The van der Waals surface area contributed by atoms with Crippen molar-refractivity contribution >= 4 is 17.2 Å². The lowest BCUT2D eigenvalue weighted by molar-refractivity contribution is -0.160. The number of hydrogen-bond donors (Lipinski definition) is 2. The zero-order valence-corrected chi connectivity index (χ0v) is 20.7. The number of aromatic nitrogens is 3. The number of H-pyrrole nitrogens is 1. The molecule has 3 aliphatic rings. The molecule has 5 rings (SSSR count). The predicted molar refractivity (Wildman–Crippen MR) is 131 cm³/mol. The molecule has 36 heavy (non-hydrogen) atoms. The van der Waals surface area contributed by atoms with E-state index in [2.05, 4.69) is 35.2 Å². The van der Waals surface area contributed by atoms with Crippen LogP contribution in [0.1, 0.15) is 92.4 Å². The molecule has 0 radical (unpaired) electrons. The maximum absolute atomic E-state index is 14.0. The Hall–Kier alpha value is -3.12. The summed E-state index contributed by atoms with van der Waals surface area (Å²) < 4.78 is 34.0. The molecule has 7 nitrogen and oxygen atoms in total. The minimum absolute atomic E-state index is 0.0381. The number of halogens is 2. The number of alkyl halides is 2. The van der Waals surface area contributed by atoms with E-state index in [0.29, 0.717) is 37.1 Å². The maximum Gasteiger partial charge on any atom is 0.291 e. The second-order valence-electron chi connectivity index (χ2n) is 11.3. The van der Waals surface area contributed by atoms with Crippen molar-refractivity contribution in [2.45, 2.75) is 75.9 Å². The maximum atomic E-state index is 14.0. The van der Waals surface area contributed by atoms with E-state index in [9.17, 15) is 13.6 Å². The normalized spacial score (nSPS) is 28.9. The Bertz CT molecular complexity index is 1230. The number of pyridine rings is 1. The van der Waals surface area contributed by atoms with Gasteiger partial charge in [-0.2, -0.15) is 5.26 Å². The van der Waals surface area contributed by atoms with E-state index in [4.69, 9.17) is 15.0 Å². The SMILES string of the molecule is CC1(C)CC=C(c2nc(C3CC4(CF)CCC(CF)(C3)O4)ccc2NC(=O)c2ncc(C#N)[nH]2)CC1. The van der Waals surface area contributed by atoms with Gasteiger partial charge in [0, 0.05) is 11.6 Å². The van der Waals surface area contributed by atoms with Gasteiger partial charge in [0.05, 0.1) is 28.8 Å². The van der Waals surface area contributed by atoms with Crippen molar-refractivity contribution in [3.8, 4) is 6.07 Å². The van der Waals surface area contributed by atoms with Crippen LogP contribution in [0.4, 0.5) is 14.5 Å². The summed E-state index contributed by atoms with van der Waals surface area (Å²) in [6.45, 7) is 3.17. The molecule has 4 heterocycles. The van der Waals surface area contributed by atoms with Crippen molar-refractivity contribution in [1.82, 2.24) is 15.0 Å². The lowest BCUT2D eigenvalue weighted by Gasteiger charge is -2.41. The molecule has 9 heteroatoms. The fraction of sp³-hybridized carbons (Fsp3) is 0.556. The fourth-order valence-corrected chi connectivity index (χ4v) is 5.80. The van der Waals surface area contributed by atoms with E-state index < -0.39 is 30.5 Å². The van der Waals surface area contributed by atoms with Gasteiger partial charge in [-0.15, -0.1) is 0 Å². The third-order valence-electron chi connectivity index (χ3n) is 7.96. The fourth-order valence-electron chi connectivity index (χ4n) is 5.80. The Balaban J connectivity index is 1.49. The zero-order chi connectivity index (χ0) is 25.6. The topological polar surface area (TPSA) is 104 Å². The van der Waals surface area contributed by atoms with Crippen molar-refractivity contribution in [3.63, 3.8) is 0 Å². The van der Waals surface area contributed by atoms with Crippen LogP contribution in [0.3, 0.4) is 0 Å². The predicted octanol–water partition coefficient (Wildman–Crippen LogP) is 5.63. The second kappa shape index (κ2) is 9.07. The molecule has 2 N–H and O–H groups in total. The lowest BCUT2D eigenvalue weighted by Crippen LogP contribution is -2.46. The van der Waals surface area contributed by atoms with Crippen molar-refractivity contribution in [3.05, 3.63) is 47.3 Å². The number of ether oxygens (including phenoxy) is 1. The minimum atomic E-state index is -0.949. The Kier molecular flexibility index (Phi) is 6.19. The highest BCUT2D eigenvalue weighted by Gasteiger charge is 2.56. The highest BCUT2D eigenvalue weighted by atomic mass is 19.1. The Labute approximate surface area is 209 Å². The van der Waals surface area contributed by atoms with Crippen molar-refractivity contribution in [1.29, 1.82) is 5.26 Å². The van der Waals surface area contributed by atoms with E-state index in [1.807, 2.05) is 18.2 Å². The monoisotopic (exact) mass is 495 g/mol. The van der Waals surface area contributed by atoms with Crippen LogP contribution in [0.2, 0.25) is 0 Å². The van der Waals surface area contributed by atoms with Crippen molar-refractivity contribution < 1.29 is 18.3 Å². The molecule has 2 aromatic heterocycles. The molecule has 2 bridgehead atoms. The number of fused-ring (bicyclic) bond motifs is 2. The zero-order valence-electron chi connectivity index (χ0n) is 20.7. The number of imidazole rings is 1. The molecular weight excluding hydrogens is 464 g/mol. The number of carbonyl (C=O) groups is 1. The number of rotatable bonds is 6. The third-order valence-corrected chi connectivity index (χ3v) is 7.96. The smallest absolute Gasteiger partial charge is 0.291 e. The number of nitriles is 1. The highest BCUT2D eigenvalue weighted by Crippen LogP contribution is 2.53. The molecule has 0 spiro atoms. The Morgan fingerprint density at radius 2 is 1.94 bits per heavy atom. The number of aromatic amines is 1. The summed E-state index contributed by atoms with van der Waals surface area (Å²) in [5, 5.41) is 11.9. The van der Waals surface area contributed by atoms with Gasteiger partial charge in [-0.3, -0.25) is 9.78 Å². The van der Waals surface area contributed by atoms with Crippen LogP contribution in [0.5, 0.6) is 0 Å². The van der Waals surface area contributed by atoms with Gasteiger partial charge in [-0.25, -0.2) is 13.8 Å². The first-order chi connectivity index (χ1) is 17.2. The molecule has 2 unspecified atom stereocenters. The van der Waals surface area contributed by atoms with Crippen LogP contribution in [0, 0.1) is 16.7 Å². The van der Waals surface area contributed by atoms with E-state index in [0.717, 1.165) is 30.5 Å². The molecule has 2 aromatic rings. The number of allylic oxidation sites excluding steroid dienone is 2. The van der Waals surface area contributed by atoms with Gasteiger partial charge in [0.2, 0.25) is 0 Å². The van der Waals surface area contributed by atoms with E-state index in [1.165, 1.54) is 6.20 Å². The van der Waals surface area contributed by atoms with Gasteiger partial charge in [0.1, 0.15) is 25.1 Å². The largest absolute Gasteiger partial charge is 0.363 e. The van der Waals surface area contributed by atoms with Crippen LogP contribution in [0.15, 0.2) is 24.4 Å². The average molecular weight is 496 g/mol. The van der Waals surface area contributed by atoms with Gasteiger partial charge in [-0.1, -0.05) is 19.9 Å². The number of nitrogens with zero attached hydrogens (tertiary/aromatic N) is 3. The molecule has 1 amide bonds. The van der Waals surface area contributed by atoms with Gasteiger partial charge >= 0.3 is 0 Å². The van der Waals surface area contributed by atoms with Crippen LogP contribution >= 0.6 is 0 Å². The Morgan fingerprint density at radius 3 is 2.53 bits per heavy atom. The number of hydrogen-bond acceptors (Lipinski definition) is 5. The first kappa shape index (κ1) is 24.6. The standard InChI is InChI=1S/C27H31F2N5O2/c1-25(2)7-5-17(6-8-25)22-21(34-24(35)23-31-14-19(13-30)32-23)4-3-20(33-22)18-11-26(15-28)9-10-27(12-18,16-29)36-26/h3-5,14,18H,6-12,15-16H2,1-2H3,(H,31,32)(H,34,35). The molecule has 2 fully saturated rings. The summed E-state index contributed by atoms with van der Waals surface area (Å²) in [7, 11) is 0. The van der Waals surface area contributed by atoms with Gasteiger partial charge in [0.15, 0.2) is 5.82 Å². The van der Waals surface area contributed by atoms with E-state index in [1.54, 1.807) is 0 Å². The molecule has 2 atom stereocenters. The summed E-state index contributed by atoms with van der Waals surface area (Å²) in [4.78, 5) is 24.5. The molecule has 1 aliphatic carbocycles. The molecule has 2 saturated heterocycles. The van der Waals surface area contributed by atoms with E-state index in [-0.39, 0.29) is 22.9 Å². The number of carbonyl (C=O) groups excluding carboxylic acids is 1. The Morgan fingerprint density at radius 1 is 1.22 bits per heavy atom. The first-order valence-electron chi connectivity index (χ1n) is 12.5. The highest BCUT2D eigenvalue weighted by molar-refractivity contribution is 6.03. The van der Waals surface area contributed by atoms with Gasteiger partial charge in [-0.05, 0) is 68.1 Å². The molecule has 0 aromatic carbocycles. The molecule has 2 aliphatic heterocycles. The molecular formula is C27H31F2N5O2. The van der Waals surface area contributed by atoms with Crippen LogP contribution in [0.25, 0.3) is 5.57 Å². The first-order valence-corrected chi connectivity index (χ1v) is 12.5. The summed E-state index contributed by atoms with van der Waals surface area (Å²) in [5.74, 6) is -0.572.